The number of phenolic OH excluding ortho intramolecular Hbond substituents is 1. The molecule has 0 aliphatic carbocycles. The Morgan fingerprint density at radius 1 is 1.00 bits per heavy atom. The molecule has 0 aromatic heterocycles. The monoisotopic (exact) mass is 312 g/mol. The van der Waals surface area contributed by atoms with Gasteiger partial charge in [-0.3, -0.25) is 9.59 Å². The van der Waals surface area contributed by atoms with Crippen LogP contribution in [0, 0.1) is 13.8 Å². The zero-order chi connectivity index (χ0) is 16.8. The lowest BCUT2D eigenvalue weighted by Gasteiger charge is -2.09. The normalized spacial score (nSPS) is 10.2. The molecule has 23 heavy (non-hydrogen) atoms. The molecule has 0 saturated heterocycles. The van der Waals surface area contributed by atoms with Gasteiger partial charge in [-0.15, -0.1) is 0 Å². The van der Waals surface area contributed by atoms with Crippen LogP contribution in [-0.4, -0.2) is 23.5 Å². The van der Waals surface area contributed by atoms with Gasteiger partial charge in [-0.25, -0.2) is 0 Å². The topological polar surface area (TPSA) is 78.4 Å². The van der Waals surface area contributed by atoms with Crippen molar-refractivity contribution in [3.8, 4) is 5.75 Å². The molecule has 120 valence electrons. The third kappa shape index (κ3) is 4.85. The minimum atomic E-state index is -0.676. The Morgan fingerprint density at radius 3 is 2.39 bits per heavy atom. The molecule has 2 aromatic rings. The van der Waals surface area contributed by atoms with Gasteiger partial charge in [0.05, 0.1) is 0 Å². The van der Waals surface area contributed by atoms with Crippen LogP contribution in [0.1, 0.15) is 16.7 Å². The van der Waals surface area contributed by atoms with Gasteiger partial charge in [-0.1, -0.05) is 24.3 Å². The molecular formula is C18H20N2O3. The first-order valence-electron chi connectivity index (χ1n) is 7.40. The number of carbonyl (C=O) groups excluding carboxylic acids is 2. The van der Waals surface area contributed by atoms with Gasteiger partial charge < -0.3 is 15.7 Å². The van der Waals surface area contributed by atoms with Crippen molar-refractivity contribution in [1.29, 1.82) is 0 Å². The lowest BCUT2D eigenvalue weighted by molar-refractivity contribution is -0.136. The Hall–Kier alpha value is -2.82. The third-order valence-electron chi connectivity index (χ3n) is 3.48. The summed E-state index contributed by atoms with van der Waals surface area (Å²) in [5, 5.41) is 14.4. The molecule has 0 spiro atoms. The average molecular weight is 312 g/mol. The molecule has 0 aliphatic rings. The number of rotatable bonds is 4. The second-order valence-electron chi connectivity index (χ2n) is 5.44. The van der Waals surface area contributed by atoms with Crippen LogP contribution in [0.3, 0.4) is 0 Å². The lowest BCUT2D eigenvalue weighted by Crippen LogP contribution is -2.36. The molecule has 2 rings (SSSR count). The average Bonchev–Trinajstić information content (AvgIpc) is 2.52. The number of nitrogens with one attached hydrogen (secondary N) is 2. The van der Waals surface area contributed by atoms with Crippen molar-refractivity contribution in [2.24, 2.45) is 0 Å². The fourth-order valence-corrected chi connectivity index (χ4v) is 2.11. The molecule has 3 N–H and O–H groups in total. The second-order valence-corrected chi connectivity index (χ2v) is 5.44. The number of hydrogen-bond acceptors (Lipinski definition) is 3. The van der Waals surface area contributed by atoms with Crippen LogP contribution in [0.25, 0.3) is 0 Å². The summed E-state index contributed by atoms with van der Waals surface area (Å²) in [6, 6.07) is 12.4. The van der Waals surface area contributed by atoms with Gasteiger partial charge in [0.15, 0.2) is 0 Å². The summed E-state index contributed by atoms with van der Waals surface area (Å²) in [7, 11) is 0. The maximum Gasteiger partial charge on any atom is 0.313 e. The Bertz CT molecular complexity index is 709. The smallest absolute Gasteiger partial charge is 0.313 e. The SMILES string of the molecule is Cc1ccc(C)c(NC(=O)C(=O)NCCc2ccc(O)cc2)c1. The minimum Gasteiger partial charge on any atom is -0.508 e. The van der Waals surface area contributed by atoms with Crippen molar-refractivity contribution in [3.63, 3.8) is 0 Å². The van der Waals surface area contributed by atoms with Crippen LogP contribution >= 0.6 is 0 Å². The summed E-state index contributed by atoms with van der Waals surface area (Å²) in [6.45, 7) is 4.15. The van der Waals surface area contributed by atoms with E-state index >= 15 is 0 Å². The zero-order valence-electron chi connectivity index (χ0n) is 13.2. The highest BCUT2D eigenvalue weighted by Crippen LogP contribution is 2.16. The van der Waals surface area contributed by atoms with Gasteiger partial charge in [0.1, 0.15) is 5.75 Å². The number of amides is 2. The molecule has 0 atom stereocenters. The molecular weight excluding hydrogens is 292 g/mol. The van der Waals surface area contributed by atoms with E-state index in [1.807, 2.05) is 32.0 Å². The van der Waals surface area contributed by atoms with Gasteiger partial charge in [0, 0.05) is 12.2 Å². The van der Waals surface area contributed by atoms with Crippen LogP contribution in [0.15, 0.2) is 42.5 Å². The standard InChI is InChI=1S/C18H20N2O3/c1-12-3-4-13(2)16(11-12)20-18(23)17(22)19-10-9-14-5-7-15(21)8-6-14/h3-8,11,21H,9-10H2,1-2H3,(H,19,22)(H,20,23). The van der Waals surface area contributed by atoms with Gasteiger partial charge in [-0.2, -0.15) is 0 Å². The molecule has 0 aliphatic heterocycles. The summed E-state index contributed by atoms with van der Waals surface area (Å²) in [4.78, 5) is 23.7. The Morgan fingerprint density at radius 2 is 1.70 bits per heavy atom. The van der Waals surface area contributed by atoms with E-state index in [0.717, 1.165) is 16.7 Å². The fourth-order valence-electron chi connectivity index (χ4n) is 2.11. The van der Waals surface area contributed by atoms with Crippen molar-refractivity contribution < 1.29 is 14.7 Å². The van der Waals surface area contributed by atoms with Gasteiger partial charge in [0.2, 0.25) is 0 Å². The number of carbonyl (C=O) groups is 2. The number of phenols is 1. The predicted octanol–water partition coefficient (Wildman–Crippen LogP) is 2.31. The quantitative estimate of drug-likeness (QED) is 0.758. The predicted molar refractivity (Wildman–Crippen MR) is 89.4 cm³/mol. The summed E-state index contributed by atoms with van der Waals surface area (Å²) in [5.41, 5.74) is 3.53. The fraction of sp³-hybridized carbons (Fsp3) is 0.222. The van der Waals surface area contributed by atoms with Crippen molar-refractivity contribution in [2.75, 3.05) is 11.9 Å². The molecule has 5 nitrogen and oxygen atoms in total. The van der Waals surface area contributed by atoms with Crippen LogP contribution in [-0.2, 0) is 16.0 Å². The van der Waals surface area contributed by atoms with E-state index in [1.165, 1.54) is 0 Å². The zero-order valence-corrected chi connectivity index (χ0v) is 13.2. The number of aromatic hydroxyl groups is 1. The summed E-state index contributed by atoms with van der Waals surface area (Å²) < 4.78 is 0. The maximum atomic E-state index is 11.9. The molecule has 0 bridgehead atoms. The van der Waals surface area contributed by atoms with E-state index in [2.05, 4.69) is 10.6 Å². The van der Waals surface area contributed by atoms with E-state index in [0.29, 0.717) is 18.7 Å². The summed E-state index contributed by atoms with van der Waals surface area (Å²) >= 11 is 0. The van der Waals surface area contributed by atoms with Crippen LogP contribution < -0.4 is 10.6 Å². The summed E-state index contributed by atoms with van der Waals surface area (Å²) in [5.74, 6) is -1.14. The number of aryl methyl sites for hydroxylation is 2. The van der Waals surface area contributed by atoms with E-state index in [9.17, 15) is 14.7 Å². The Balaban J connectivity index is 1.84. The number of benzene rings is 2. The van der Waals surface area contributed by atoms with E-state index in [1.54, 1.807) is 24.3 Å². The number of anilines is 1. The highest BCUT2D eigenvalue weighted by atomic mass is 16.3. The highest BCUT2D eigenvalue weighted by Gasteiger charge is 2.14. The van der Waals surface area contributed by atoms with Crippen molar-refractivity contribution >= 4 is 17.5 Å². The molecule has 0 radical (unpaired) electrons. The van der Waals surface area contributed by atoms with Gasteiger partial charge in [-0.05, 0) is 55.2 Å². The van der Waals surface area contributed by atoms with Crippen molar-refractivity contribution in [3.05, 3.63) is 59.2 Å². The van der Waals surface area contributed by atoms with E-state index < -0.39 is 11.8 Å². The second kappa shape index (κ2) is 7.45. The minimum absolute atomic E-state index is 0.200. The first kappa shape index (κ1) is 16.5. The van der Waals surface area contributed by atoms with Crippen LogP contribution in [0.4, 0.5) is 5.69 Å². The van der Waals surface area contributed by atoms with Crippen LogP contribution in [0.5, 0.6) is 5.75 Å². The Kier molecular flexibility index (Phi) is 5.36. The first-order valence-corrected chi connectivity index (χ1v) is 7.40. The van der Waals surface area contributed by atoms with Crippen molar-refractivity contribution in [2.45, 2.75) is 20.3 Å². The Labute approximate surface area is 135 Å². The van der Waals surface area contributed by atoms with E-state index in [-0.39, 0.29) is 5.75 Å². The highest BCUT2D eigenvalue weighted by molar-refractivity contribution is 6.39. The molecule has 2 aromatic carbocycles. The van der Waals surface area contributed by atoms with Crippen molar-refractivity contribution in [1.82, 2.24) is 5.32 Å². The molecule has 0 heterocycles. The summed E-state index contributed by atoms with van der Waals surface area (Å²) in [6.07, 6.45) is 0.586. The first-order chi connectivity index (χ1) is 11.0. The molecule has 0 unspecified atom stereocenters. The van der Waals surface area contributed by atoms with Gasteiger partial charge in [0.25, 0.3) is 0 Å². The van der Waals surface area contributed by atoms with Crippen LogP contribution in [0.2, 0.25) is 0 Å². The van der Waals surface area contributed by atoms with Gasteiger partial charge >= 0.3 is 11.8 Å². The molecule has 5 heteroatoms. The maximum absolute atomic E-state index is 11.9. The molecule has 0 fully saturated rings. The lowest BCUT2D eigenvalue weighted by atomic mass is 10.1. The molecule has 0 saturated carbocycles. The van der Waals surface area contributed by atoms with E-state index in [4.69, 9.17) is 0 Å². The molecule has 2 amide bonds. The largest absolute Gasteiger partial charge is 0.508 e. The third-order valence-corrected chi connectivity index (χ3v) is 3.48. The number of hydrogen-bond donors (Lipinski definition) is 3.